The summed E-state index contributed by atoms with van der Waals surface area (Å²) in [4.78, 5) is 7.16. The Labute approximate surface area is 153 Å². The van der Waals surface area contributed by atoms with Gasteiger partial charge in [0.25, 0.3) is 0 Å². The van der Waals surface area contributed by atoms with Gasteiger partial charge in [0.1, 0.15) is 0 Å². The lowest BCUT2D eigenvalue weighted by Crippen LogP contribution is -2.57. The van der Waals surface area contributed by atoms with Gasteiger partial charge >= 0.3 is 0 Å². The summed E-state index contributed by atoms with van der Waals surface area (Å²) >= 11 is 0. The van der Waals surface area contributed by atoms with Gasteiger partial charge in [-0.05, 0) is 37.4 Å². The lowest BCUT2D eigenvalue weighted by molar-refractivity contribution is 0.0724. The predicted molar refractivity (Wildman–Crippen MR) is 99.9 cm³/mol. The predicted octanol–water partition coefficient (Wildman–Crippen LogP) is 4.01. The van der Waals surface area contributed by atoms with E-state index in [1.54, 1.807) is 6.33 Å². The second kappa shape index (κ2) is 6.06. The van der Waals surface area contributed by atoms with Gasteiger partial charge in [0.05, 0.1) is 5.41 Å². The van der Waals surface area contributed by atoms with Crippen molar-refractivity contribution in [2.45, 2.75) is 42.7 Å². The fourth-order valence-corrected chi connectivity index (χ4v) is 5.50. The number of aromatic nitrogens is 2. The molecule has 132 valence electrons. The van der Waals surface area contributed by atoms with Crippen molar-refractivity contribution in [3.63, 3.8) is 0 Å². The van der Waals surface area contributed by atoms with E-state index in [4.69, 9.17) is 4.52 Å². The molecule has 2 bridgehead atoms. The van der Waals surface area contributed by atoms with Crippen LogP contribution < -0.4 is 0 Å². The first-order chi connectivity index (χ1) is 12.8. The van der Waals surface area contributed by atoms with E-state index < -0.39 is 0 Å². The summed E-state index contributed by atoms with van der Waals surface area (Å²) in [5, 5.41) is 4.00. The van der Waals surface area contributed by atoms with Crippen molar-refractivity contribution in [3.05, 3.63) is 84.0 Å². The third-order valence-electron chi connectivity index (χ3n) is 6.59. The zero-order valence-electron chi connectivity index (χ0n) is 15.0. The van der Waals surface area contributed by atoms with E-state index in [2.05, 4.69) is 82.8 Å². The molecule has 4 nitrogen and oxygen atoms in total. The maximum atomic E-state index is 5.79. The molecule has 3 aromatic rings. The molecule has 0 spiro atoms. The fourth-order valence-electron chi connectivity index (χ4n) is 5.50. The number of benzene rings is 2. The average molecular weight is 345 g/mol. The van der Waals surface area contributed by atoms with Crippen LogP contribution in [-0.4, -0.2) is 34.2 Å². The topological polar surface area (TPSA) is 42.2 Å². The van der Waals surface area contributed by atoms with Crippen molar-refractivity contribution in [2.75, 3.05) is 7.05 Å². The fraction of sp³-hybridized carbons (Fsp3) is 0.364. The summed E-state index contributed by atoms with van der Waals surface area (Å²) in [7, 11) is 2.26. The number of piperidine rings is 1. The largest absolute Gasteiger partial charge is 0.339 e. The van der Waals surface area contributed by atoms with Crippen LogP contribution in [0.1, 0.15) is 42.2 Å². The number of hydrogen-bond acceptors (Lipinski definition) is 4. The van der Waals surface area contributed by atoms with Crippen LogP contribution in [0.2, 0.25) is 0 Å². The van der Waals surface area contributed by atoms with Crippen LogP contribution in [0.25, 0.3) is 0 Å². The Morgan fingerprint density at radius 2 is 1.73 bits per heavy atom. The van der Waals surface area contributed by atoms with Gasteiger partial charge in [0.15, 0.2) is 6.33 Å². The van der Waals surface area contributed by atoms with E-state index in [0.29, 0.717) is 18.0 Å². The zero-order chi connectivity index (χ0) is 17.6. The van der Waals surface area contributed by atoms with Gasteiger partial charge in [0.2, 0.25) is 5.89 Å². The van der Waals surface area contributed by atoms with Gasteiger partial charge in [-0.15, -0.1) is 0 Å². The Bertz CT molecular complexity index is 865. The maximum absolute atomic E-state index is 5.79. The van der Waals surface area contributed by atoms with Crippen LogP contribution in [0.5, 0.6) is 0 Å². The number of likely N-dealkylation sites (N-methyl/N-ethyl adjacent to an activating group) is 1. The van der Waals surface area contributed by atoms with Crippen molar-refractivity contribution < 1.29 is 4.52 Å². The van der Waals surface area contributed by atoms with Crippen LogP contribution in [0.4, 0.5) is 0 Å². The lowest BCUT2D eigenvalue weighted by atomic mass is 9.60. The molecular weight excluding hydrogens is 322 g/mol. The first kappa shape index (κ1) is 15.8. The van der Waals surface area contributed by atoms with Crippen LogP contribution in [-0.2, 0) is 5.41 Å². The molecule has 2 saturated heterocycles. The molecule has 0 aliphatic carbocycles. The van der Waals surface area contributed by atoms with Gasteiger partial charge < -0.3 is 4.52 Å². The summed E-state index contributed by atoms with van der Waals surface area (Å²) < 4.78 is 5.79. The molecular formula is C22H23N3O. The van der Waals surface area contributed by atoms with E-state index in [9.17, 15) is 0 Å². The SMILES string of the molecule is CN1C2CCC1C(c1ccccc1)(c1ncno1)C(c1ccccc1)C2. The van der Waals surface area contributed by atoms with E-state index in [1.165, 1.54) is 17.5 Å². The van der Waals surface area contributed by atoms with Crippen molar-refractivity contribution >= 4 is 0 Å². The average Bonchev–Trinajstić information content (AvgIpc) is 3.31. The van der Waals surface area contributed by atoms with Gasteiger partial charge in [-0.25, -0.2) is 0 Å². The highest BCUT2D eigenvalue weighted by Crippen LogP contribution is 2.57. The van der Waals surface area contributed by atoms with Crippen LogP contribution in [0, 0.1) is 0 Å². The quantitative estimate of drug-likeness (QED) is 0.719. The second-order valence-electron chi connectivity index (χ2n) is 7.59. The van der Waals surface area contributed by atoms with Crippen molar-refractivity contribution in [2.24, 2.45) is 0 Å². The molecule has 0 N–H and O–H groups in total. The molecule has 0 radical (unpaired) electrons. The third-order valence-corrected chi connectivity index (χ3v) is 6.59. The summed E-state index contributed by atoms with van der Waals surface area (Å²) in [6.07, 6.45) is 5.03. The molecule has 0 saturated carbocycles. The Kier molecular flexibility index (Phi) is 3.68. The second-order valence-corrected chi connectivity index (χ2v) is 7.59. The van der Waals surface area contributed by atoms with Crippen molar-refractivity contribution in [1.29, 1.82) is 0 Å². The molecule has 2 fully saturated rings. The van der Waals surface area contributed by atoms with E-state index in [0.717, 1.165) is 18.7 Å². The number of nitrogens with zero attached hydrogens (tertiary/aromatic N) is 3. The number of hydrogen-bond donors (Lipinski definition) is 0. The van der Waals surface area contributed by atoms with Crippen LogP contribution >= 0.6 is 0 Å². The molecule has 0 amide bonds. The Hall–Kier alpha value is -2.46. The standard InChI is InChI=1S/C22H23N3O/c1-25-18-12-13-20(25)22(21-23-15-24-26-21,17-10-6-3-7-11-17)19(14-18)16-8-4-2-5-9-16/h2-11,15,18-20H,12-14H2,1H3. The van der Waals surface area contributed by atoms with Crippen LogP contribution in [0.15, 0.2) is 71.5 Å². The molecule has 2 aliphatic rings. The van der Waals surface area contributed by atoms with Gasteiger partial charge in [-0.3, -0.25) is 4.90 Å². The van der Waals surface area contributed by atoms with Crippen molar-refractivity contribution in [1.82, 2.24) is 15.0 Å². The molecule has 1 aromatic heterocycles. The first-order valence-corrected chi connectivity index (χ1v) is 9.41. The van der Waals surface area contributed by atoms with Crippen molar-refractivity contribution in [3.8, 4) is 0 Å². The van der Waals surface area contributed by atoms with E-state index in [-0.39, 0.29) is 5.41 Å². The number of rotatable bonds is 3. The maximum Gasteiger partial charge on any atom is 0.239 e. The first-order valence-electron chi connectivity index (χ1n) is 9.41. The summed E-state index contributed by atoms with van der Waals surface area (Å²) in [5.41, 5.74) is 2.32. The molecule has 5 rings (SSSR count). The molecule has 4 heteroatoms. The minimum absolute atomic E-state index is 0.319. The Morgan fingerprint density at radius 1 is 1.00 bits per heavy atom. The summed E-state index contributed by atoms with van der Waals surface area (Å²) in [5.74, 6) is 1.06. The molecule has 26 heavy (non-hydrogen) atoms. The minimum atomic E-state index is -0.319. The monoisotopic (exact) mass is 345 g/mol. The lowest BCUT2D eigenvalue weighted by Gasteiger charge is -2.51. The molecule has 4 atom stereocenters. The minimum Gasteiger partial charge on any atom is -0.339 e. The smallest absolute Gasteiger partial charge is 0.239 e. The van der Waals surface area contributed by atoms with Gasteiger partial charge in [-0.2, -0.15) is 4.98 Å². The summed E-state index contributed by atoms with van der Waals surface area (Å²) in [6.45, 7) is 0. The molecule has 3 heterocycles. The highest BCUT2D eigenvalue weighted by molar-refractivity contribution is 5.44. The Balaban J connectivity index is 1.80. The molecule has 4 unspecified atom stereocenters. The normalized spacial score (nSPS) is 31.2. The van der Waals surface area contributed by atoms with Gasteiger partial charge in [0, 0.05) is 18.0 Å². The highest BCUT2D eigenvalue weighted by atomic mass is 16.5. The van der Waals surface area contributed by atoms with E-state index >= 15 is 0 Å². The third kappa shape index (κ3) is 2.12. The zero-order valence-corrected chi connectivity index (χ0v) is 15.0. The number of fused-ring (bicyclic) bond motifs is 2. The Morgan fingerprint density at radius 3 is 2.42 bits per heavy atom. The molecule has 2 aliphatic heterocycles. The summed E-state index contributed by atoms with van der Waals surface area (Å²) in [6, 6.07) is 22.6. The van der Waals surface area contributed by atoms with Gasteiger partial charge in [-0.1, -0.05) is 65.8 Å². The van der Waals surface area contributed by atoms with E-state index in [1.807, 2.05) is 0 Å². The molecule has 2 aromatic carbocycles. The highest BCUT2D eigenvalue weighted by Gasteiger charge is 2.60. The van der Waals surface area contributed by atoms with Crippen LogP contribution in [0.3, 0.4) is 0 Å².